The summed E-state index contributed by atoms with van der Waals surface area (Å²) >= 11 is 0. The molecule has 1 saturated heterocycles. The number of aromatic nitrogens is 1. The molecule has 18 heavy (non-hydrogen) atoms. The van der Waals surface area contributed by atoms with Crippen molar-refractivity contribution < 1.29 is 14.6 Å². The maximum absolute atomic E-state index is 11.4. The normalized spacial score (nSPS) is 18.5. The zero-order valence-electron chi connectivity index (χ0n) is 10.7. The molecule has 0 aromatic carbocycles. The number of pyridine rings is 1. The zero-order chi connectivity index (χ0) is 13.2. The summed E-state index contributed by atoms with van der Waals surface area (Å²) in [4.78, 5) is 17.5. The summed E-state index contributed by atoms with van der Waals surface area (Å²) < 4.78 is 4.65. The second kappa shape index (κ2) is 4.94. The van der Waals surface area contributed by atoms with Gasteiger partial charge in [-0.3, -0.25) is 0 Å². The molecule has 1 aliphatic rings. The molecular weight excluding hydrogens is 232 g/mol. The monoisotopic (exact) mass is 250 g/mol. The topological polar surface area (TPSA) is 62.7 Å². The Morgan fingerprint density at radius 3 is 2.78 bits per heavy atom. The van der Waals surface area contributed by atoms with Gasteiger partial charge in [-0.25, -0.2) is 9.78 Å². The molecule has 1 aliphatic heterocycles. The number of anilines is 1. The minimum absolute atomic E-state index is 0.312. The standard InChI is InChI=1S/C13H18N2O3/c1-13(17)4-7-15(8-5-13)10-3-6-14-11(9-10)12(16)18-2/h3,6,9,17H,4-5,7-8H2,1-2H3. The molecule has 0 atom stereocenters. The largest absolute Gasteiger partial charge is 0.464 e. The lowest BCUT2D eigenvalue weighted by Crippen LogP contribution is -2.42. The Labute approximate surface area is 106 Å². The van der Waals surface area contributed by atoms with Crippen molar-refractivity contribution in [2.75, 3.05) is 25.1 Å². The van der Waals surface area contributed by atoms with E-state index in [4.69, 9.17) is 0 Å². The number of ether oxygens (including phenoxy) is 1. The van der Waals surface area contributed by atoms with E-state index in [1.165, 1.54) is 7.11 Å². The van der Waals surface area contributed by atoms with Crippen LogP contribution in [0, 0.1) is 0 Å². The Morgan fingerprint density at radius 1 is 1.50 bits per heavy atom. The number of hydrogen-bond donors (Lipinski definition) is 1. The first-order valence-electron chi connectivity index (χ1n) is 6.03. The quantitative estimate of drug-likeness (QED) is 0.800. The number of methoxy groups -OCH3 is 1. The lowest BCUT2D eigenvalue weighted by molar-refractivity contribution is 0.0351. The van der Waals surface area contributed by atoms with Crippen LogP contribution in [0.3, 0.4) is 0 Å². The number of esters is 1. The van der Waals surface area contributed by atoms with Crippen molar-refractivity contribution in [1.29, 1.82) is 0 Å². The van der Waals surface area contributed by atoms with Crippen molar-refractivity contribution in [1.82, 2.24) is 4.98 Å². The van der Waals surface area contributed by atoms with Gasteiger partial charge in [0, 0.05) is 25.0 Å². The highest BCUT2D eigenvalue weighted by Gasteiger charge is 2.27. The molecule has 0 spiro atoms. The summed E-state index contributed by atoms with van der Waals surface area (Å²) in [5, 5.41) is 9.91. The molecule has 2 rings (SSSR count). The summed E-state index contributed by atoms with van der Waals surface area (Å²) in [6.45, 7) is 3.41. The Balaban J connectivity index is 2.12. The highest BCUT2D eigenvalue weighted by molar-refractivity contribution is 5.88. The van der Waals surface area contributed by atoms with Gasteiger partial charge in [0.25, 0.3) is 0 Å². The van der Waals surface area contributed by atoms with Crippen LogP contribution in [0.2, 0.25) is 0 Å². The Bertz CT molecular complexity index is 436. The van der Waals surface area contributed by atoms with Crippen LogP contribution in [0.1, 0.15) is 30.3 Å². The molecule has 1 aromatic heterocycles. The van der Waals surface area contributed by atoms with Gasteiger partial charge in [-0.1, -0.05) is 0 Å². The highest BCUT2D eigenvalue weighted by Crippen LogP contribution is 2.25. The van der Waals surface area contributed by atoms with Gasteiger partial charge in [-0.2, -0.15) is 0 Å². The summed E-state index contributed by atoms with van der Waals surface area (Å²) in [6.07, 6.45) is 3.06. The van der Waals surface area contributed by atoms with Crippen molar-refractivity contribution in [3.8, 4) is 0 Å². The van der Waals surface area contributed by atoms with Gasteiger partial charge in [0.2, 0.25) is 0 Å². The predicted molar refractivity (Wildman–Crippen MR) is 67.6 cm³/mol. The number of aliphatic hydroxyl groups is 1. The fourth-order valence-corrected chi connectivity index (χ4v) is 2.08. The molecule has 5 heteroatoms. The van der Waals surface area contributed by atoms with Crippen LogP contribution in [0.5, 0.6) is 0 Å². The van der Waals surface area contributed by atoms with Gasteiger partial charge in [0.05, 0.1) is 12.7 Å². The second-order valence-corrected chi connectivity index (χ2v) is 4.87. The second-order valence-electron chi connectivity index (χ2n) is 4.87. The third-order valence-corrected chi connectivity index (χ3v) is 3.34. The Hall–Kier alpha value is -1.62. The number of nitrogens with zero attached hydrogens (tertiary/aromatic N) is 2. The Kier molecular flexibility index (Phi) is 3.52. The lowest BCUT2D eigenvalue weighted by Gasteiger charge is -2.37. The zero-order valence-corrected chi connectivity index (χ0v) is 10.7. The summed E-state index contributed by atoms with van der Waals surface area (Å²) in [7, 11) is 1.34. The van der Waals surface area contributed by atoms with Gasteiger partial charge in [0.15, 0.2) is 0 Å². The summed E-state index contributed by atoms with van der Waals surface area (Å²) in [6, 6.07) is 3.60. The molecule has 0 unspecified atom stereocenters. The third kappa shape index (κ3) is 2.79. The van der Waals surface area contributed by atoms with E-state index in [0.717, 1.165) is 31.6 Å². The van der Waals surface area contributed by atoms with Crippen molar-refractivity contribution in [3.05, 3.63) is 24.0 Å². The first-order valence-corrected chi connectivity index (χ1v) is 6.03. The lowest BCUT2D eigenvalue weighted by atomic mass is 9.93. The van der Waals surface area contributed by atoms with Crippen LogP contribution in [-0.4, -0.2) is 41.9 Å². The van der Waals surface area contributed by atoms with Crippen molar-refractivity contribution in [3.63, 3.8) is 0 Å². The average Bonchev–Trinajstić information content (AvgIpc) is 2.38. The molecule has 0 saturated carbocycles. The van der Waals surface area contributed by atoms with E-state index in [1.807, 2.05) is 13.0 Å². The number of rotatable bonds is 2. The van der Waals surface area contributed by atoms with Crippen molar-refractivity contribution in [2.24, 2.45) is 0 Å². The predicted octanol–water partition coefficient (Wildman–Crippen LogP) is 1.22. The van der Waals surface area contributed by atoms with E-state index in [2.05, 4.69) is 14.6 Å². The third-order valence-electron chi connectivity index (χ3n) is 3.34. The van der Waals surface area contributed by atoms with Gasteiger partial charge in [-0.05, 0) is 31.9 Å². The molecule has 1 N–H and O–H groups in total. The van der Waals surface area contributed by atoms with Crippen LogP contribution in [0.25, 0.3) is 0 Å². The smallest absolute Gasteiger partial charge is 0.356 e. The fourth-order valence-electron chi connectivity index (χ4n) is 2.08. The van der Waals surface area contributed by atoms with Crippen LogP contribution in [0.15, 0.2) is 18.3 Å². The number of hydrogen-bond acceptors (Lipinski definition) is 5. The van der Waals surface area contributed by atoms with Gasteiger partial charge in [-0.15, -0.1) is 0 Å². The number of carbonyl (C=O) groups excluding carboxylic acids is 1. The van der Waals surface area contributed by atoms with E-state index in [-0.39, 0.29) is 0 Å². The molecule has 0 radical (unpaired) electrons. The summed E-state index contributed by atoms with van der Waals surface area (Å²) in [5.41, 5.74) is 0.683. The van der Waals surface area contributed by atoms with Gasteiger partial charge >= 0.3 is 5.97 Å². The SMILES string of the molecule is COC(=O)c1cc(N2CCC(C)(O)CC2)ccn1. The maximum atomic E-state index is 11.4. The van der Waals surface area contributed by atoms with E-state index < -0.39 is 11.6 Å². The molecule has 1 fully saturated rings. The first kappa shape index (κ1) is 12.8. The van der Waals surface area contributed by atoms with E-state index in [0.29, 0.717) is 5.69 Å². The molecule has 0 bridgehead atoms. The minimum Gasteiger partial charge on any atom is -0.464 e. The molecular formula is C13H18N2O3. The molecule has 0 amide bonds. The highest BCUT2D eigenvalue weighted by atomic mass is 16.5. The molecule has 2 heterocycles. The van der Waals surface area contributed by atoms with Gasteiger partial charge < -0.3 is 14.7 Å². The van der Waals surface area contributed by atoms with Crippen LogP contribution in [-0.2, 0) is 4.74 Å². The molecule has 1 aromatic rings. The number of carbonyl (C=O) groups is 1. The Morgan fingerprint density at radius 2 is 2.17 bits per heavy atom. The van der Waals surface area contributed by atoms with Crippen LogP contribution < -0.4 is 4.90 Å². The number of piperidine rings is 1. The summed E-state index contributed by atoms with van der Waals surface area (Å²) in [5.74, 6) is -0.430. The van der Waals surface area contributed by atoms with E-state index in [1.54, 1.807) is 12.3 Å². The van der Waals surface area contributed by atoms with Crippen molar-refractivity contribution >= 4 is 11.7 Å². The minimum atomic E-state index is -0.575. The van der Waals surface area contributed by atoms with Crippen molar-refractivity contribution in [2.45, 2.75) is 25.4 Å². The van der Waals surface area contributed by atoms with E-state index in [9.17, 15) is 9.90 Å². The van der Waals surface area contributed by atoms with Crippen LogP contribution in [0.4, 0.5) is 5.69 Å². The fraction of sp³-hybridized carbons (Fsp3) is 0.538. The van der Waals surface area contributed by atoms with E-state index >= 15 is 0 Å². The first-order chi connectivity index (χ1) is 8.52. The maximum Gasteiger partial charge on any atom is 0.356 e. The molecule has 98 valence electrons. The molecule has 5 nitrogen and oxygen atoms in total. The average molecular weight is 250 g/mol. The van der Waals surface area contributed by atoms with Gasteiger partial charge in [0.1, 0.15) is 5.69 Å². The molecule has 0 aliphatic carbocycles. The van der Waals surface area contributed by atoms with Crippen LogP contribution >= 0.6 is 0 Å².